The van der Waals surface area contributed by atoms with Crippen LogP contribution in [0.25, 0.3) is 0 Å². The monoisotopic (exact) mass is 489 g/mol. The molecule has 0 bridgehead atoms. The Morgan fingerprint density at radius 1 is 1.12 bits per heavy atom. The van der Waals surface area contributed by atoms with Crippen LogP contribution < -0.4 is 10.6 Å². The van der Waals surface area contributed by atoms with E-state index in [9.17, 15) is 23.9 Å². The summed E-state index contributed by atoms with van der Waals surface area (Å²) < 4.78 is 20.1. The Hall–Kier alpha value is -3.17. The maximum absolute atomic E-state index is 14.2. The first-order valence-electron chi connectivity index (χ1n) is 11.1. The van der Waals surface area contributed by atoms with Crippen molar-refractivity contribution >= 4 is 40.8 Å². The Morgan fingerprint density at radius 2 is 1.88 bits per heavy atom. The van der Waals surface area contributed by atoms with Crippen molar-refractivity contribution in [3.8, 4) is 0 Å². The first-order chi connectivity index (χ1) is 16.3. The molecule has 2 aromatic rings. The number of nitrogens with zero attached hydrogens (tertiary/aromatic N) is 2. The summed E-state index contributed by atoms with van der Waals surface area (Å²) >= 11 is 6.25. The molecule has 34 heavy (non-hydrogen) atoms. The van der Waals surface area contributed by atoms with Crippen molar-refractivity contribution in [2.75, 3.05) is 30.3 Å². The van der Waals surface area contributed by atoms with Gasteiger partial charge in [0.2, 0.25) is 5.91 Å². The number of anilines is 2. The van der Waals surface area contributed by atoms with E-state index >= 15 is 0 Å². The van der Waals surface area contributed by atoms with Crippen molar-refractivity contribution in [2.45, 2.75) is 37.8 Å². The van der Waals surface area contributed by atoms with Crippen molar-refractivity contribution in [3.05, 3.63) is 58.4 Å². The number of ether oxygens (including phenoxy) is 1. The van der Waals surface area contributed by atoms with Gasteiger partial charge in [0.15, 0.2) is 0 Å². The second kappa shape index (κ2) is 9.99. The molecule has 0 aliphatic carbocycles. The quantitative estimate of drug-likeness (QED) is 0.620. The van der Waals surface area contributed by atoms with Gasteiger partial charge < -0.3 is 25.4 Å². The third-order valence-corrected chi connectivity index (χ3v) is 6.52. The summed E-state index contributed by atoms with van der Waals surface area (Å²) in [5.74, 6) is -2.31. The second-order valence-electron chi connectivity index (χ2n) is 8.42. The van der Waals surface area contributed by atoms with Crippen molar-refractivity contribution in [3.63, 3.8) is 0 Å². The molecule has 2 amide bonds. The van der Waals surface area contributed by atoms with Gasteiger partial charge in [0.1, 0.15) is 18.5 Å². The summed E-state index contributed by atoms with van der Waals surface area (Å²) in [6.45, 7) is 0.376. The number of aliphatic carboxylic acids is 1. The first kappa shape index (κ1) is 24.0. The Kier molecular flexibility index (Phi) is 7.04. The molecule has 180 valence electrons. The number of carboxylic acid groups (broad SMARTS) is 1. The number of likely N-dealkylation sites (tertiary alicyclic amines) is 1. The summed E-state index contributed by atoms with van der Waals surface area (Å²) in [5.41, 5.74) is 7.36. The molecule has 2 aliphatic heterocycles. The standard InChI is InChI=1S/C24H25ClFN3O5/c25-18-12-15(27)6-7-16(18)23(31)29-10-2-4-21(17-11-14(26)5-8-19(17)29)34-13-22(30)28-9-1-3-20(28)24(32)33/h5-8,11-12,20-21H,1-4,9-10,13,27H2,(H,32,33)/t20-,21?/m0/s1. The Balaban J connectivity index is 1.57. The van der Waals surface area contributed by atoms with Gasteiger partial charge in [-0.15, -0.1) is 0 Å². The smallest absolute Gasteiger partial charge is 0.326 e. The van der Waals surface area contributed by atoms with Crippen molar-refractivity contribution in [2.24, 2.45) is 0 Å². The van der Waals surface area contributed by atoms with E-state index in [1.165, 1.54) is 34.1 Å². The van der Waals surface area contributed by atoms with E-state index in [4.69, 9.17) is 22.1 Å². The molecule has 3 N–H and O–H groups in total. The van der Waals surface area contributed by atoms with Crippen LogP contribution in [0.15, 0.2) is 36.4 Å². The fourth-order valence-corrected chi connectivity index (χ4v) is 4.82. The molecule has 4 rings (SSSR count). The Morgan fingerprint density at radius 3 is 2.62 bits per heavy atom. The summed E-state index contributed by atoms with van der Waals surface area (Å²) in [5, 5.41) is 9.54. The molecule has 1 fully saturated rings. The van der Waals surface area contributed by atoms with E-state index in [2.05, 4.69) is 0 Å². The molecule has 1 saturated heterocycles. The number of hydrogen-bond acceptors (Lipinski definition) is 5. The minimum Gasteiger partial charge on any atom is -0.480 e. The predicted molar refractivity (Wildman–Crippen MR) is 124 cm³/mol. The number of nitrogens with two attached hydrogens (primary N) is 1. The van der Waals surface area contributed by atoms with Gasteiger partial charge in [0.25, 0.3) is 5.91 Å². The third-order valence-electron chi connectivity index (χ3n) is 6.21. The molecular formula is C24H25ClFN3O5. The van der Waals surface area contributed by atoms with E-state index in [0.717, 1.165) is 0 Å². The minimum atomic E-state index is -1.04. The number of nitrogen functional groups attached to an aromatic ring is 1. The molecule has 0 spiro atoms. The van der Waals surface area contributed by atoms with Gasteiger partial charge in [-0.25, -0.2) is 9.18 Å². The highest BCUT2D eigenvalue weighted by molar-refractivity contribution is 6.34. The van der Waals surface area contributed by atoms with E-state index in [-0.39, 0.29) is 23.1 Å². The van der Waals surface area contributed by atoms with Crippen LogP contribution in [0.1, 0.15) is 47.7 Å². The van der Waals surface area contributed by atoms with E-state index in [0.29, 0.717) is 55.7 Å². The van der Waals surface area contributed by atoms with E-state index in [1.807, 2.05) is 0 Å². The minimum absolute atomic E-state index is 0.218. The number of benzene rings is 2. The number of carbonyl (C=O) groups excluding carboxylic acids is 2. The lowest BCUT2D eigenvalue weighted by molar-refractivity contribution is -0.151. The third kappa shape index (κ3) is 4.85. The van der Waals surface area contributed by atoms with Crippen LogP contribution >= 0.6 is 11.6 Å². The lowest BCUT2D eigenvalue weighted by atomic mass is 10.0. The Bertz CT molecular complexity index is 1130. The zero-order valence-electron chi connectivity index (χ0n) is 18.4. The summed E-state index contributed by atoms with van der Waals surface area (Å²) in [6, 6.07) is 7.86. The van der Waals surface area contributed by atoms with Crippen LogP contribution in [-0.2, 0) is 14.3 Å². The van der Waals surface area contributed by atoms with Crippen LogP contribution in [0, 0.1) is 5.82 Å². The van der Waals surface area contributed by atoms with Crippen molar-refractivity contribution in [1.29, 1.82) is 0 Å². The number of halogens is 2. The van der Waals surface area contributed by atoms with Gasteiger partial charge in [0.05, 0.1) is 16.7 Å². The molecule has 2 aliphatic rings. The molecule has 0 radical (unpaired) electrons. The van der Waals surface area contributed by atoms with Gasteiger partial charge in [0, 0.05) is 30.0 Å². The van der Waals surface area contributed by atoms with Crippen LogP contribution in [0.3, 0.4) is 0 Å². The molecule has 10 heteroatoms. The SMILES string of the molecule is Nc1ccc(C(=O)N2CCCC(OCC(=O)N3CCC[C@H]3C(=O)O)c3cc(F)ccc32)c(Cl)c1. The summed E-state index contributed by atoms with van der Waals surface area (Å²) in [4.78, 5) is 40.2. The van der Waals surface area contributed by atoms with Crippen molar-refractivity contribution in [1.82, 2.24) is 4.90 Å². The summed E-state index contributed by atoms with van der Waals surface area (Å²) in [6.07, 6.45) is 1.37. The largest absolute Gasteiger partial charge is 0.480 e. The topological polar surface area (TPSA) is 113 Å². The van der Waals surface area contributed by atoms with Gasteiger partial charge >= 0.3 is 5.97 Å². The number of hydrogen-bond donors (Lipinski definition) is 2. The average molecular weight is 490 g/mol. The lowest BCUT2D eigenvalue weighted by Gasteiger charge is -2.26. The van der Waals surface area contributed by atoms with Crippen LogP contribution in [-0.4, -0.2) is 53.5 Å². The van der Waals surface area contributed by atoms with Crippen LogP contribution in [0.4, 0.5) is 15.8 Å². The molecule has 2 atom stereocenters. The highest BCUT2D eigenvalue weighted by Crippen LogP contribution is 2.37. The van der Waals surface area contributed by atoms with Crippen molar-refractivity contribution < 1.29 is 28.6 Å². The highest BCUT2D eigenvalue weighted by atomic mass is 35.5. The zero-order valence-corrected chi connectivity index (χ0v) is 19.1. The van der Waals surface area contributed by atoms with E-state index < -0.39 is 29.8 Å². The molecule has 0 saturated carbocycles. The van der Waals surface area contributed by atoms with Gasteiger partial charge in [-0.2, -0.15) is 0 Å². The molecule has 2 heterocycles. The van der Waals surface area contributed by atoms with Gasteiger partial charge in [-0.05, 0) is 62.1 Å². The normalized spacial score (nSPS) is 20.1. The fourth-order valence-electron chi connectivity index (χ4n) is 4.55. The lowest BCUT2D eigenvalue weighted by Crippen LogP contribution is -2.42. The molecule has 2 aromatic carbocycles. The second-order valence-corrected chi connectivity index (χ2v) is 8.83. The average Bonchev–Trinajstić information content (AvgIpc) is 3.22. The number of carbonyl (C=O) groups is 3. The first-order valence-corrected chi connectivity index (χ1v) is 11.4. The molecule has 1 unspecified atom stereocenters. The highest BCUT2D eigenvalue weighted by Gasteiger charge is 2.35. The maximum Gasteiger partial charge on any atom is 0.326 e. The number of amides is 2. The predicted octanol–water partition coefficient (Wildman–Crippen LogP) is 3.64. The zero-order chi connectivity index (χ0) is 24.4. The maximum atomic E-state index is 14.2. The number of fused-ring (bicyclic) bond motifs is 1. The van der Waals surface area contributed by atoms with Crippen LogP contribution in [0.5, 0.6) is 0 Å². The van der Waals surface area contributed by atoms with Crippen LogP contribution in [0.2, 0.25) is 5.02 Å². The number of rotatable bonds is 5. The number of carboxylic acids is 1. The molecule has 0 aromatic heterocycles. The Labute approximate surface area is 201 Å². The molecule has 8 nitrogen and oxygen atoms in total. The molecular weight excluding hydrogens is 465 g/mol. The van der Waals surface area contributed by atoms with Gasteiger partial charge in [-0.1, -0.05) is 11.6 Å². The fraction of sp³-hybridized carbons (Fsp3) is 0.375. The van der Waals surface area contributed by atoms with E-state index in [1.54, 1.807) is 12.1 Å². The summed E-state index contributed by atoms with van der Waals surface area (Å²) in [7, 11) is 0. The van der Waals surface area contributed by atoms with Gasteiger partial charge in [-0.3, -0.25) is 9.59 Å².